The summed E-state index contributed by atoms with van der Waals surface area (Å²) in [7, 11) is 1.68. The lowest BCUT2D eigenvalue weighted by Gasteiger charge is -2.18. The minimum absolute atomic E-state index is 0.206. The topological polar surface area (TPSA) is 39.7 Å². The van der Waals surface area contributed by atoms with Crippen LogP contribution in [0.3, 0.4) is 0 Å². The van der Waals surface area contributed by atoms with E-state index >= 15 is 0 Å². The maximum absolute atomic E-state index is 12.4. The highest BCUT2D eigenvalue weighted by Crippen LogP contribution is 2.22. The third-order valence-electron chi connectivity index (χ3n) is 4.17. The Balaban J connectivity index is 1.66. The van der Waals surface area contributed by atoms with Gasteiger partial charge in [0.25, 0.3) is 0 Å². The molecule has 2 rings (SSSR count). The van der Waals surface area contributed by atoms with E-state index in [0.29, 0.717) is 37.2 Å². The highest BCUT2D eigenvalue weighted by Gasteiger charge is 2.34. The van der Waals surface area contributed by atoms with Crippen LogP contribution >= 0.6 is 11.6 Å². The summed E-state index contributed by atoms with van der Waals surface area (Å²) in [5, 5.41) is 7.13. The van der Waals surface area contributed by atoms with E-state index in [2.05, 4.69) is 15.6 Å². The van der Waals surface area contributed by atoms with Gasteiger partial charge in [0.15, 0.2) is 5.96 Å². The normalized spacial score (nSPS) is 19.2. The van der Waals surface area contributed by atoms with E-state index in [0.717, 1.165) is 12.8 Å². The lowest BCUT2D eigenvalue weighted by molar-refractivity contribution is -0.143. The van der Waals surface area contributed by atoms with Gasteiger partial charge in [0, 0.05) is 31.7 Å². The number of guanidine groups is 1. The molecule has 140 valence electrons. The van der Waals surface area contributed by atoms with Gasteiger partial charge in [-0.3, -0.25) is 9.89 Å². The van der Waals surface area contributed by atoms with Gasteiger partial charge in [0.1, 0.15) is 0 Å². The summed E-state index contributed by atoms with van der Waals surface area (Å²) in [6.07, 6.45) is -2.52. The first-order valence-electron chi connectivity index (χ1n) is 8.34. The summed E-state index contributed by atoms with van der Waals surface area (Å²) in [6, 6.07) is 7.68. The SMILES string of the molecule is CN=C(NCCc1ccc(Cl)cc1)NCC1CCN(CC(F)(F)F)C1. The van der Waals surface area contributed by atoms with E-state index in [1.807, 2.05) is 24.3 Å². The predicted octanol–water partition coefficient (Wildman–Crippen LogP) is 2.93. The van der Waals surface area contributed by atoms with Gasteiger partial charge in [0.2, 0.25) is 0 Å². The number of likely N-dealkylation sites (tertiary alicyclic amines) is 1. The fourth-order valence-electron chi connectivity index (χ4n) is 2.91. The molecule has 0 radical (unpaired) electrons. The van der Waals surface area contributed by atoms with E-state index in [-0.39, 0.29) is 5.92 Å². The van der Waals surface area contributed by atoms with Crippen molar-refractivity contribution in [1.29, 1.82) is 0 Å². The molecule has 1 saturated heterocycles. The number of rotatable bonds is 6. The Morgan fingerprint density at radius 1 is 1.28 bits per heavy atom. The molecule has 2 N–H and O–H groups in total. The van der Waals surface area contributed by atoms with Gasteiger partial charge in [-0.2, -0.15) is 13.2 Å². The molecule has 0 saturated carbocycles. The van der Waals surface area contributed by atoms with Crippen molar-refractivity contribution in [2.24, 2.45) is 10.9 Å². The Bertz CT molecular complexity index is 560. The van der Waals surface area contributed by atoms with Crippen LogP contribution in [-0.4, -0.2) is 56.8 Å². The van der Waals surface area contributed by atoms with Crippen molar-refractivity contribution in [2.75, 3.05) is 39.8 Å². The van der Waals surface area contributed by atoms with Crippen molar-refractivity contribution in [3.05, 3.63) is 34.9 Å². The molecule has 1 aliphatic rings. The van der Waals surface area contributed by atoms with Crippen LogP contribution in [0.15, 0.2) is 29.3 Å². The zero-order chi connectivity index (χ0) is 18.3. The summed E-state index contributed by atoms with van der Waals surface area (Å²) in [5.74, 6) is 0.875. The minimum atomic E-state index is -4.12. The smallest absolute Gasteiger partial charge is 0.356 e. The average molecular weight is 377 g/mol. The van der Waals surface area contributed by atoms with Crippen molar-refractivity contribution in [3.8, 4) is 0 Å². The molecular weight excluding hydrogens is 353 g/mol. The molecule has 1 aliphatic heterocycles. The third-order valence-corrected chi connectivity index (χ3v) is 4.43. The Morgan fingerprint density at radius 3 is 2.64 bits per heavy atom. The number of aliphatic imine (C=N–C) groups is 1. The molecule has 4 nitrogen and oxygen atoms in total. The molecule has 1 aromatic rings. The van der Waals surface area contributed by atoms with Gasteiger partial charge < -0.3 is 10.6 Å². The zero-order valence-electron chi connectivity index (χ0n) is 14.2. The Hall–Kier alpha value is -1.47. The quantitative estimate of drug-likeness (QED) is 0.592. The van der Waals surface area contributed by atoms with Crippen LogP contribution in [0.5, 0.6) is 0 Å². The van der Waals surface area contributed by atoms with E-state index in [9.17, 15) is 13.2 Å². The van der Waals surface area contributed by atoms with E-state index < -0.39 is 12.7 Å². The monoisotopic (exact) mass is 376 g/mol. The second-order valence-electron chi connectivity index (χ2n) is 6.26. The summed E-state index contributed by atoms with van der Waals surface area (Å²) in [5.41, 5.74) is 1.17. The van der Waals surface area contributed by atoms with Crippen LogP contribution in [0.1, 0.15) is 12.0 Å². The molecule has 0 bridgehead atoms. The Morgan fingerprint density at radius 2 is 2.00 bits per heavy atom. The molecule has 1 unspecified atom stereocenters. The number of nitrogens with zero attached hydrogens (tertiary/aromatic N) is 2. The van der Waals surface area contributed by atoms with Gasteiger partial charge in [0.05, 0.1) is 6.54 Å². The number of benzene rings is 1. The molecule has 1 aromatic carbocycles. The molecule has 0 amide bonds. The molecule has 1 atom stereocenters. The van der Waals surface area contributed by atoms with Crippen molar-refractivity contribution < 1.29 is 13.2 Å². The van der Waals surface area contributed by atoms with Crippen molar-refractivity contribution in [2.45, 2.75) is 19.0 Å². The lowest BCUT2D eigenvalue weighted by atomic mass is 10.1. The van der Waals surface area contributed by atoms with Crippen LogP contribution in [0, 0.1) is 5.92 Å². The zero-order valence-corrected chi connectivity index (χ0v) is 15.0. The van der Waals surface area contributed by atoms with Crippen LogP contribution in [-0.2, 0) is 6.42 Å². The summed E-state index contributed by atoms with van der Waals surface area (Å²) < 4.78 is 37.2. The number of alkyl halides is 3. The summed E-state index contributed by atoms with van der Waals surface area (Å²) >= 11 is 5.86. The maximum atomic E-state index is 12.4. The first-order valence-corrected chi connectivity index (χ1v) is 8.71. The molecular formula is C17H24ClF3N4. The van der Waals surface area contributed by atoms with Crippen LogP contribution in [0.2, 0.25) is 5.02 Å². The van der Waals surface area contributed by atoms with E-state index in [1.54, 1.807) is 7.05 Å². The molecule has 0 aromatic heterocycles. The average Bonchev–Trinajstić information content (AvgIpc) is 2.98. The minimum Gasteiger partial charge on any atom is -0.356 e. The number of nitrogens with one attached hydrogen (secondary N) is 2. The van der Waals surface area contributed by atoms with E-state index in [1.165, 1.54) is 10.5 Å². The number of hydrogen-bond donors (Lipinski definition) is 2. The van der Waals surface area contributed by atoms with Gasteiger partial charge in [-0.15, -0.1) is 0 Å². The van der Waals surface area contributed by atoms with Crippen LogP contribution < -0.4 is 10.6 Å². The van der Waals surface area contributed by atoms with Gasteiger partial charge >= 0.3 is 6.18 Å². The second-order valence-corrected chi connectivity index (χ2v) is 6.70. The summed E-state index contributed by atoms with van der Waals surface area (Å²) in [6.45, 7) is 1.47. The third kappa shape index (κ3) is 7.52. The highest BCUT2D eigenvalue weighted by atomic mass is 35.5. The Labute approximate surface area is 151 Å². The molecule has 1 heterocycles. The lowest BCUT2D eigenvalue weighted by Crippen LogP contribution is -2.41. The van der Waals surface area contributed by atoms with Crippen molar-refractivity contribution in [1.82, 2.24) is 15.5 Å². The van der Waals surface area contributed by atoms with Gasteiger partial charge in [-0.1, -0.05) is 23.7 Å². The largest absolute Gasteiger partial charge is 0.401 e. The van der Waals surface area contributed by atoms with Crippen molar-refractivity contribution >= 4 is 17.6 Å². The maximum Gasteiger partial charge on any atom is 0.401 e. The van der Waals surface area contributed by atoms with Crippen LogP contribution in [0.4, 0.5) is 13.2 Å². The first kappa shape index (κ1) is 19.8. The Kier molecular flexibility index (Phi) is 7.38. The van der Waals surface area contributed by atoms with Crippen molar-refractivity contribution in [3.63, 3.8) is 0 Å². The predicted molar refractivity (Wildman–Crippen MR) is 95.1 cm³/mol. The number of hydrogen-bond acceptors (Lipinski definition) is 2. The molecule has 1 fully saturated rings. The molecule has 0 spiro atoms. The summed E-state index contributed by atoms with van der Waals surface area (Å²) in [4.78, 5) is 5.61. The highest BCUT2D eigenvalue weighted by molar-refractivity contribution is 6.30. The number of halogens is 4. The molecule has 0 aliphatic carbocycles. The van der Waals surface area contributed by atoms with Gasteiger partial charge in [-0.25, -0.2) is 0 Å². The first-order chi connectivity index (χ1) is 11.9. The molecule has 25 heavy (non-hydrogen) atoms. The standard InChI is InChI=1S/C17H24ClF3N4/c1-22-16(23-8-6-13-2-4-15(18)5-3-13)24-10-14-7-9-25(11-14)12-17(19,20)21/h2-5,14H,6-12H2,1H3,(H2,22,23,24). The van der Waals surface area contributed by atoms with E-state index in [4.69, 9.17) is 11.6 Å². The van der Waals surface area contributed by atoms with Crippen LogP contribution in [0.25, 0.3) is 0 Å². The second kappa shape index (κ2) is 9.29. The van der Waals surface area contributed by atoms with Gasteiger partial charge in [-0.05, 0) is 43.0 Å². The fourth-order valence-corrected chi connectivity index (χ4v) is 3.04. The fraction of sp³-hybridized carbons (Fsp3) is 0.588. The molecule has 8 heteroatoms.